The van der Waals surface area contributed by atoms with Crippen molar-refractivity contribution in [3.63, 3.8) is 0 Å². The normalized spacial score (nSPS) is 14.5. The van der Waals surface area contributed by atoms with Crippen molar-refractivity contribution in [3.8, 4) is 0 Å². The van der Waals surface area contributed by atoms with E-state index in [-0.39, 0.29) is 23.7 Å². The maximum Gasteiger partial charge on any atom is 0.271 e. The lowest BCUT2D eigenvalue weighted by molar-refractivity contribution is 0.0997. The molecule has 1 saturated heterocycles. The predicted molar refractivity (Wildman–Crippen MR) is 133 cm³/mol. The summed E-state index contributed by atoms with van der Waals surface area (Å²) in [5, 5.41) is 2.55. The first-order valence-corrected chi connectivity index (χ1v) is 10.9. The van der Waals surface area contributed by atoms with Gasteiger partial charge in [0.05, 0.1) is 0 Å². The molecule has 1 amide bonds. The molecule has 1 aliphatic heterocycles. The van der Waals surface area contributed by atoms with Crippen LogP contribution in [-0.4, -0.2) is 57.9 Å². The molecule has 0 saturated carbocycles. The summed E-state index contributed by atoms with van der Waals surface area (Å²) in [6, 6.07) is 15.0. The van der Waals surface area contributed by atoms with Gasteiger partial charge in [-0.2, -0.15) is 0 Å². The van der Waals surface area contributed by atoms with E-state index in [0.717, 1.165) is 38.4 Å². The Morgan fingerprint density at radius 2 is 1.82 bits per heavy atom. The molecule has 4 aromatic rings. The predicted octanol–water partition coefficient (Wildman–Crippen LogP) is 2.37. The van der Waals surface area contributed by atoms with Gasteiger partial charge in [0.15, 0.2) is 11.3 Å². The molecule has 3 heterocycles. The van der Waals surface area contributed by atoms with Crippen molar-refractivity contribution in [2.75, 3.05) is 37.6 Å². The molecule has 2 aromatic carbocycles. The second-order valence-electron chi connectivity index (χ2n) is 8.29. The molecular formula is C24H27ClN6O2. The van der Waals surface area contributed by atoms with Crippen LogP contribution in [0.2, 0.25) is 0 Å². The molecule has 0 aliphatic carbocycles. The number of nitrogens with zero attached hydrogens (tertiary/aromatic N) is 4. The minimum absolute atomic E-state index is 0. The van der Waals surface area contributed by atoms with Gasteiger partial charge in [-0.3, -0.25) is 18.9 Å². The number of nitrogens with two attached hydrogens (primary N) is 1. The Bertz CT molecular complexity index is 1370. The molecule has 3 N–H and O–H groups in total. The number of benzene rings is 2. The number of hydrogen-bond acceptors (Lipinski definition) is 5. The molecule has 33 heavy (non-hydrogen) atoms. The number of aromatic nitrogens is 3. The third-order valence-corrected chi connectivity index (χ3v) is 6.39. The number of fused-ring (bicyclic) bond motifs is 2. The highest BCUT2D eigenvalue weighted by atomic mass is 35.5. The number of aryl methyl sites for hydroxylation is 1. The lowest BCUT2D eigenvalue weighted by atomic mass is 10.1. The Kier molecular flexibility index (Phi) is 6.40. The van der Waals surface area contributed by atoms with E-state index in [2.05, 4.69) is 62.2 Å². The number of carbonyl (C=O) groups excluding carboxylic acids is 1. The number of imidazole rings is 1. The van der Waals surface area contributed by atoms with Crippen LogP contribution in [-0.2, 0) is 6.42 Å². The van der Waals surface area contributed by atoms with E-state index < -0.39 is 5.91 Å². The fourth-order valence-electron chi connectivity index (χ4n) is 4.62. The summed E-state index contributed by atoms with van der Waals surface area (Å²) in [6.45, 7) is 6.44. The maximum absolute atomic E-state index is 12.9. The van der Waals surface area contributed by atoms with Gasteiger partial charge in [-0.25, -0.2) is 4.98 Å². The van der Waals surface area contributed by atoms with Crippen LogP contribution in [0.3, 0.4) is 0 Å². The molecule has 9 heteroatoms. The highest BCUT2D eigenvalue weighted by molar-refractivity contribution is 5.96. The highest BCUT2D eigenvalue weighted by Gasteiger charge is 2.20. The zero-order chi connectivity index (χ0) is 22.2. The highest BCUT2D eigenvalue weighted by Crippen LogP contribution is 2.27. The molecule has 0 atom stereocenters. The molecule has 0 unspecified atom stereocenters. The summed E-state index contributed by atoms with van der Waals surface area (Å²) < 4.78 is 1.38. The van der Waals surface area contributed by atoms with Crippen LogP contribution in [0.1, 0.15) is 21.7 Å². The Morgan fingerprint density at radius 3 is 2.58 bits per heavy atom. The fraction of sp³-hybridized carbons (Fsp3) is 0.292. The number of piperazine rings is 1. The largest absolute Gasteiger partial charge is 0.368 e. The summed E-state index contributed by atoms with van der Waals surface area (Å²) in [7, 11) is 0. The zero-order valence-corrected chi connectivity index (χ0v) is 19.3. The van der Waals surface area contributed by atoms with E-state index >= 15 is 0 Å². The number of hydrogen-bond donors (Lipinski definition) is 2. The van der Waals surface area contributed by atoms with E-state index in [4.69, 9.17) is 5.73 Å². The van der Waals surface area contributed by atoms with Gasteiger partial charge in [0, 0.05) is 55.1 Å². The monoisotopic (exact) mass is 466 g/mol. The topological polar surface area (TPSA) is 99.7 Å². The SMILES string of the molecule is Cc1[nH]c2c(C(N)=O)ncn2c(=O)c1CCN1CCN(c2cccc3ccccc23)CC1.Cl. The first-order valence-electron chi connectivity index (χ1n) is 10.9. The fourth-order valence-corrected chi connectivity index (χ4v) is 4.62. The second-order valence-corrected chi connectivity index (χ2v) is 8.29. The van der Waals surface area contributed by atoms with Crippen molar-refractivity contribution in [2.45, 2.75) is 13.3 Å². The summed E-state index contributed by atoms with van der Waals surface area (Å²) in [6.07, 6.45) is 2.00. The lowest BCUT2D eigenvalue weighted by Gasteiger charge is -2.36. The number of nitrogens with one attached hydrogen (secondary N) is 1. The molecular weight excluding hydrogens is 440 g/mol. The first-order chi connectivity index (χ1) is 15.5. The van der Waals surface area contributed by atoms with Gasteiger partial charge in [0.25, 0.3) is 11.5 Å². The van der Waals surface area contributed by atoms with Crippen LogP contribution in [0, 0.1) is 6.92 Å². The van der Waals surface area contributed by atoms with Gasteiger partial charge in [-0.1, -0.05) is 36.4 Å². The number of halogens is 1. The number of H-pyrrole nitrogens is 1. The van der Waals surface area contributed by atoms with Gasteiger partial charge >= 0.3 is 0 Å². The van der Waals surface area contributed by atoms with E-state index in [1.807, 2.05) is 6.92 Å². The second kappa shape index (κ2) is 9.25. The van der Waals surface area contributed by atoms with Gasteiger partial charge in [0.1, 0.15) is 6.33 Å². The van der Waals surface area contributed by atoms with Gasteiger partial charge in [0.2, 0.25) is 0 Å². The Hall–Kier alpha value is -3.36. The van der Waals surface area contributed by atoms with E-state index in [1.54, 1.807) is 0 Å². The Balaban J connectivity index is 0.00000259. The maximum atomic E-state index is 12.9. The summed E-state index contributed by atoms with van der Waals surface area (Å²) in [5.74, 6) is -0.653. The van der Waals surface area contributed by atoms with Crippen LogP contribution in [0.25, 0.3) is 16.4 Å². The van der Waals surface area contributed by atoms with Crippen LogP contribution < -0.4 is 16.2 Å². The molecule has 172 valence electrons. The lowest BCUT2D eigenvalue weighted by Crippen LogP contribution is -2.47. The summed E-state index contributed by atoms with van der Waals surface area (Å²) >= 11 is 0. The number of aromatic amines is 1. The standard InChI is InChI=1S/C24H26N6O2.ClH/c1-16-18(24(32)30-15-26-21(22(25)31)23(30)27-16)9-10-28-11-13-29(14-12-28)20-8-4-6-17-5-2-3-7-19(17)20;/h2-8,15,27H,9-14H2,1H3,(H2,25,31);1H. The first kappa shape index (κ1) is 22.8. The third-order valence-electron chi connectivity index (χ3n) is 6.39. The molecule has 1 aliphatic rings. The Labute approximate surface area is 197 Å². The van der Waals surface area contributed by atoms with E-state index in [1.165, 1.54) is 27.2 Å². The van der Waals surface area contributed by atoms with Crippen molar-refractivity contribution in [3.05, 3.63) is 76.1 Å². The van der Waals surface area contributed by atoms with Crippen LogP contribution in [0.15, 0.2) is 53.6 Å². The molecule has 5 rings (SSSR count). The van der Waals surface area contributed by atoms with Gasteiger partial charge < -0.3 is 15.6 Å². The molecule has 1 fully saturated rings. The molecule has 0 bridgehead atoms. The number of rotatable bonds is 5. The minimum atomic E-state index is -0.653. The van der Waals surface area contributed by atoms with Crippen molar-refractivity contribution in [2.24, 2.45) is 5.73 Å². The van der Waals surface area contributed by atoms with Crippen molar-refractivity contribution < 1.29 is 4.79 Å². The summed E-state index contributed by atoms with van der Waals surface area (Å²) in [5.41, 5.74) is 8.39. The summed E-state index contributed by atoms with van der Waals surface area (Å²) in [4.78, 5) is 36.4. The Morgan fingerprint density at radius 1 is 1.09 bits per heavy atom. The average molecular weight is 467 g/mol. The smallest absolute Gasteiger partial charge is 0.271 e. The quantitative estimate of drug-likeness (QED) is 0.470. The van der Waals surface area contributed by atoms with Crippen molar-refractivity contribution in [1.82, 2.24) is 19.3 Å². The van der Waals surface area contributed by atoms with E-state index in [0.29, 0.717) is 17.6 Å². The van der Waals surface area contributed by atoms with E-state index in [9.17, 15) is 9.59 Å². The van der Waals surface area contributed by atoms with Crippen molar-refractivity contribution >= 4 is 40.4 Å². The van der Waals surface area contributed by atoms with Crippen LogP contribution in [0.5, 0.6) is 0 Å². The molecule has 2 aromatic heterocycles. The van der Waals surface area contributed by atoms with Gasteiger partial charge in [-0.15, -0.1) is 12.4 Å². The third kappa shape index (κ3) is 4.19. The van der Waals surface area contributed by atoms with Crippen LogP contribution >= 0.6 is 12.4 Å². The number of anilines is 1. The molecule has 8 nitrogen and oxygen atoms in total. The van der Waals surface area contributed by atoms with Crippen LogP contribution in [0.4, 0.5) is 5.69 Å². The average Bonchev–Trinajstić information content (AvgIpc) is 3.23. The zero-order valence-electron chi connectivity index (χ0n) is 18.5. The minimum Gasteiger partial charge on any atom is -0.368 e. The number of carbonyl (C=O) groups is 1. The molecule has 0 radical (unpaired) electrons. The number of amides is 1. The van der Waals surface area contributed by atoms with Crippen molar-refractivity contribution in [1.29, 1.82) is 0 Å². The molecule has 0 spiro atoms. The number of primary amides is 1. The van der Waals surface area contributed by atoms with Gasteiger partial charge in [-0.05, 0) is 24.8 Å².